The Morgan fingerprint density at radius 2 is 0.413 bits per heavy atom. The van der Waals surface area contributed by atoms with E-state index in [1.54, 1.807) is 0 Å². The van der Waals surface area contributed by atoms with E-state index in [4.69, 9.17) is 0 Å². The second-order valence-corrected chi connectivity index (χ2v) is 25.0. The Bertz CT molecular complexity index is 5710. The fraction of sp³-hybridized carbons (Fsp3) is 0.0889. The summed E-state index contributed by atoms with van der Waals surface area (Å²) < 4.78 is 4.83. The van der Waals surface area contributed by atoms with Gasteiger partial charge in [0, 0.05) is 56.7 Å². The summed E-state index contributed by atoms with van der Waals surface area (Å²) in [5, 5.41) is 15.6. The fourth-order valence-corrected chi connectivity index (χ4v) is 15.0. The smallest absolute Gasteiger partial charge is 0.0491 e. The molecule has 0 spiro atoms. The van der Waals surface area contributed by atoms with Crippen molar-refractivity contribution in [2.24, 2.45) is 0 Å². The quantitative estimate of drug-likeness (QED) is 0.128. The number of hydrogen-bond acceptors (Lipinski definition) is 0. The van der Waals surface area contributed by atoms with Crippen molar-refractivity contribution in [2.75, 3.05) is 0 Å². The van der Waals surface area contributed by atoms with Crippen molar-refractivity contribution < 1.29 is 0 Å². The molecule has 0 saturated carbocycles. The number of rotatable bonds is 9. The molecule has 0 fully saturated rings. The molecule has 17 aromatic rings. The number of hydrogen-bond donors (Lipinski definition) is 0. The van der Waals surface area contributed by atoms with E-state index < -0.39 is 0 Å². The third kappa shape index (κ3) is 9.48. The molecule has 2 nitrogen and oxygen atoms in total. The highest BCUT2D eigenvalue weighted by molar-refractivity contribution is 6.23. The first kappa shape index (κ1) is 56.2. The third-order valence-corrected chi connectivity index (χ3v) is 19.8. The Kier molecular flexibility index (Phi) is 14.1. The van der Waals surface area contributed by atoms with Crippen molar-refractivity contribution in [3.05, 3.63) is 313 Å². The molecule has 0 N–H and O–H groups in total. The van der Waals surface area contributed by atoms with Crippen LogP contribution in [0.4, 0.5) is 0 Å². The van der Waals surface area contributed by atoms with Gasteiger partial charge in [0.2, 0.25) is 0 Å². The van der Waals surface area contributed by atoms with Crippen LogP contribution in [0.1, 0.15) is 36.1 Å². The summed E-state index contributed by atoms with van der Waals surface area (Å²) in [7, 11) is 0. The Hall–Kier alpha value is -11.1. The van der Waals surface area contributed by atoms with Gasteiger partial charge in [-0.15, -0.1) is 0 Å². The van der Waals surface area contributed by atoms with Crippen molar-refractivity contribution in [1.82, 2.24) is 9.13 Å². The zero-order valence-corrected chi connectivity index (χ0v) is 53.0. The molecule has 0 aliphatic heterocycles. The lowest BCUT2D eigenvalue weighted by molar-refractivity contribution is 0.827. The standard InChI is InChI=1S/C48H37N.C42H33N/c1-4-49-45-17-11-10-14-39(45)42-30-38(26-27-46(42)49)35-20-24-37(25-21-35)48-41-16-9-8-15-40(41)47(43-28-31(2)32(3)29-44(43)48)36-22-18-34(19-23-36)33-12-6-5-7-13-33;1-4-43-39-17-11-10-14-33(39)36-26-32(22-23-40(36)43)29-18-20-31(21-19-29)42-35-16-9-8-15-34(35)41(30-12-6-5-7-13-30)37-24-27(2)28(3)25-38(37)42/h5-30H,4H2,1-3H3;5-26H,4H2,1-3H3. The summed E-state index contributed by atoms with van der Waals surface area (Å²) in [6.45, 7) is 15.3. The molecule has 2 aromatic heterocycles. The first-order chi connectivity index (χ1) is 45.2. The van der Waals surface area contributed by atoms with Gasteiger partial charge >= 0.3 is 0 Å². The molecule has 0 radical (unpaired) electrons. The lowest BCUT2D eigenvalue weighted by atomic mass is 9.84. The van der Waals surface area contributed by atoms with Crippen molar-refractivity contribution in [3.8, 4) is 77.9 Å². The van der Waals surface area contributed by atoms with Gasteiger partial charge in [0.15, 0.2) is 0 Å². The van der Waals surface area contributed by atoms with Crippen molar-refractivity contribution >= 4 is 86.7 Å². The number of para-hydroxylation sites is 2. The number of nitrogens with zero attached hydrogens (tertiary/aromatic N) is 2. The molecule has 0 unspecified atom stereocenters. The van der Waals surface area contributed by atoms with E-state index in [1.807, 2.05) is 0 Å². The minimum Gasteiger partial charge on any atom is -0.341 e. The van der Waals surface area contributed by atoms with E-state index in [0.29, 0.717) is 0 Å². The minimum atomic E-state index is 0.955. The van der Waals surface area contributed by atoms with Gasteiger partial charge in [-0.25, -0.2) is 0 Å². The average molecular weight is 1180 g/mol. The molecule has 440 valence electrons. The van der Waals surface area contributed by atoms with Gasteiger partial charge in [0.1, 0.15) is 0 Å². The summed E-state index contributed by atoms with van der Waals surface area (Å²) >= 11 is 0. The van der Waals surface area contributed by atoms with E-state index in [9.17, 15) is 0 Å². The minimum absolute atomic E-state index is 0.955. The monoisotopic (exact) mass is 1180 g/mol. The van der Waals surface area contributed by atoms with E-state index >= 15 is 0 Å². The second-order valence-electron chi connectivity index (χ2n) is 25.0. The van der Waals surface area contributed by atoms with Gasteiger partial charge in [-0.3, -0.25) is 0 Å². The third-order valence-electron chi connectivity index (χ3n) is 19.8. The van der Waals surface area contributed by atoms with Crippen molar-refractivity contribution in [2.45, 2.75) is 54.6 Å². The van der Waals surface area contributed by atoms with Crippen molar-refractivity contribution in [3.63, 3.8) is 0 Å². The molecule has 0 aliphatic rings. The summed E-state index contributed by atoms with van der Waals surface area (Å²) in [4.78, 5) is 0. The van der Waals surface area contributed by atoms with E-state index in [0.717, 1.165) is 13.1 Å². The number of aryl methyl sites for hydroxylation is 6. The fourth-order valence-electron chi connectivity index (χ4n) is 15.0. The average Bonchev–Trinajstić information content (AvgIpc) is 1.10. The van der Waals surface area contributed by atoms with Gasteiger partial charge in [0.05, 0.1) is 0 Å². The second kappa shape index (κ2) is 23.1. The maximum atomic E-state index is 2.42. The van der Waals surface area contributed by atoms with Crippen LogP contribution in [-0.2, 0) is 13.1 Å². The van der Waals surface area contributed by atoms with Gasteiger partial charge in [-0.2, -0.15) is 0 Å². The topological polar surface area (TPSA) is 9.86 Å². The van der Waals surface area contributed by atoms with Crippen LogP contribution in [-0.4, -0.2) is 9.13 Å². The number of benzene rings is 15. The normalized spacial score (nSPS) is 11.7. The van der Waals surface area contributed by atoms with Crippen LogP contribution >= 0.6 is 0 Å². The molecular weight excluding hydrogens is 1110 g/mol. The van der Waals surface area contributed by atoms with E-state index in [1.165, 1.54) is 187 Å². The Morgan fingerprint density at radius 3 is 0.739 bits per heavy atom. The Balaban J connectivity index is 0.000000148. The molecule has 2 heteroatoms. The predicted molar refractivity (Wildman–Crippen MR) is 397 cm³/mol. The number of aromatic nitrogens is 2. The first-order valence-corrected chi connectivity index (χ1v) is 32.6. The van der Waals surface area contributed by atoms with Crippen LogP contribution in [0.3, 0.4) is 0 Å². The van der Waals surface area contributed by atoms with Crippen LogP contribution in [0.2, 0.25) is 0 Å². The largest absolute Gasteiger partial charge is 0.341 e. The molecule has 15 aromatic carbocycles. The maximum Gasteiger partial charge on any atom is 0.0491 e. The summed E-state index contributed by atoms with van der Waals surface area (Å²) in [6.07, 6.45) is 0. The highest BCUT2D eigenvalue weighted by atomic mass is 15.0. The number of fused-ring (bicyclic) bond motifs is 10. The van der Waals surface area contributed by atoms with Crippen LogP contribution in [0.15, 0.2) is 291 Å². The highest BCUT2D eigenvalue weighted by Gasteiger charge is 2.21. The van der Waals surface area contributed by atoms with E-state index in [2.05, 4.69) is 342 Å². The van der Waals surface area contributed by atoms with Gasteiger partial charge in [-0.05, 0) is 221 Å². The summed E-state index contributed by atoms with van der Waals surface area (Å²) in [5.74, 6) is 0. The molecule has 0 saturated heterocycles. The summed E-state index contributed by atoms with van der Waals surface area (Å²) in [6, 6.07) is 108. The molecule has 0 aliphatic carbocycles. The molecule has 0 atom stereocenters. The Labute approximate surface area is 538 Å². The SMILES string of the molecule is CCn1c2ccccc2c2cc(-c3ccc(-c4c5ccccc5c(-c5ccc(-c6ccccc6)cc5)c5cc(C)c(C)cc45)cc3)ccc21.CCn1c2ccccc2c2cc(-c3ccc(-c4c5ccccc5c(-c5ccccc5)c5cc(C)c(C)cc45)cc3)ccc21. The summed E-state index contributed by atoms with van der Waals surface area (Å²) in [5.41, 5.74) is 28.1. The van der Waals surface area contributed by atoms with Crippen LogP contribution < -0.4 is 0 Å². The van der Waals surface area contributed by atoms with Crippen molar-refractivity contribution in [1.29, 1.82) is 0 Å². The lowest BCUT2D eigenvalue weighted by Crippen LogP contribution is -1.93. The van der Waals surface area contributed by atoms with Gasteiger partial charge < -0.3 is 9.13 Å². The maximum absolute atomic E-state index is 2.42. The molecule has 0 amide bonds. The molecule has 2 heterocycles. The van der Waals surface area contributed by atoms with E-state index in [-0.39, 0.29) is 0 Å². The van der Waals surface area contributed by atoms with Gasteiger partial charge in [-0.1, -0.05) is 255 Å². The zero-order valence-electron chi connectivity index (χ0n) is 53.0. The van der Waals surface area contributed by atoms with Crippen LogP contribution in [0.5, 0.6) is 0 Å². The van der Waals surface area contributed by atoms with Crippen LogP contribution in [0.25, 0.3) is 165 Å². The molecule has 17 rings (SSSR count). The first-order valence-electron chi connectivity index (χ1n) is 32.6. The highest BCUT2D eigenvalue weighted by Crippen LogP contribution is 2.48. The van der Waals surface area contributed by atoms with Crippen LogP contribution in [0, 0.1) is 27.7 Å². The van der Waals surface area contributed by atoms with Gasteiger partial charge in [0.25, 0.3) is 0 Å². The zero-order chi connectivity index (χ0) is 62.1. The molecular formula is C90H70N2. The lowest BCUT2D eigenvalue weighted by Gasteiger charge is -2.19. The molecule has 92 heavy (non-hydrogen) atoms. The molecule has 0 bridgehead atoms. The Morgan fingerprint density at radius 1 is 0.185 bits per heavy atom. The predicted octanol–water partition coefficient (Wildman–Crippen LogP) is 25.1.